The van der Waals surface area contributed by atoms with E-state index in [-0.39, 0.29) is 17.9 Å². The van der Waals surface area contributed by atoms with Crippen LogP contribution in [0.1, 0.15) is 11.3 Å². The zero-order chi connectivity index (χ0) is 8.97. The Morgan fingerprint density at radius 2 is 2.50 bits per heavy atom. The lowest BCUT2D eigenvalue weighted by atomic mass is 10.2. The first-order chi connectivity index (χ1) is 5.77. The molecule has 0 aliphatic carbocycles. The number of hydrogen-bond donors (Lipinski definition) is 0. The number of nitriles is 1. The van der Waals surface area contributed by atoms with Gasteiger partial charge in [-0.2, -0.15) is 5.26 Å². The largest absolute Gasteiger partial charge is 0.378 e. The molecule has 1 aromatic heterocycles. The first kappa shape index (κ1) is 8.62. The Morgan fingerprint density at radius 3 is 3.00 bits per heavy atom. The van der Waals surface area contributed by atoms with Crippen LogP contribution in [0.4, 0.5) is 4.39 Å². The zero-order valence-electron chi connectivity index (χ0n) is 6.54. The molecule has 0 fully saturated rings. The van der Waals surface area contributed by atoms with Crippen molar-refractivity contribution in [3.05, 3.63) is 29.3 Å². The van der Waals surface area contributed by atoms with Crippen molar-refractivity contribution in [3.63, 3.8) is 0 Å². The molecule has 1 heterocycles. The van der Waals surface area contributed by atoms with E-state index < -0.39 is 5.82 Å². The summed E-state index contributed by atoms with van der Waals surface area (Å²) in [5.41, 5.74) is 0.434. The lowest BCUT2D eigenvalue weighted by molar-refractivity contribution is 0.177. The Morgan fingerprint density at radius 1 is 1.75 bits per heavy atom. The molecule has 0 aliphatic heterocycles. The predicted octanol–water partition coefficient (Wildman–Crippen LogP) is 1.24. The average molecular weight is 166 g/mol. The summed E-state index contributed by atoms with van der Waals surface area (Å²) < 4.78 is 17.6. The second-order valence-electron chi connectivity index (χ2n) is 2.20. The van der Waals surface area contributed by atoms with Crippen LogP contribution < -0.4 is 0 Å². The van der Waals surface area contributed by atoms with Crippen molar-refractivity contribution >= 4 is 0 Å². The van der Waals surface area contributed by atoms with Crippen LogP contribution in [0.5, 0.6) is 0 Å². The molecule has 0 atom stereocenters. The third-order valence-corrected chi connectivity index (χ3v) is 1.33. The van der Waals surface area contributed by atoms with Crippen molar-refractivity contribution in [2.45, 2.75) is 6.61 Å². The molecule has 0 unspecified atom stereocenters. The van der Waals surface area contributed by atoms with E-state index in [9.17, 15) is 4.39 Å². The number of hydrogen-bond acceptors (Lipinski definition) is 3. The predicted molar refractivity (Wildman–Crippen MR) is 39.6 cm³/mol. The van der Waals surface area contributed by atoms with E-state index in [1.165, 1.54) is 13.3 Å². The Labute approximate surface area is 69.4 Å². The van der Waals surface area contributed by atoms with Crippen LogP contribution in [0.3, 0.4) is 0 Å². The SMILES string of the molecule is COCc1ncc(C#N)cc1F. The van der Waals surface area contributed by atoms with E-state index in [1.54, 1.807) is 6.07 Å². The lowest BCUT2D eigenvalue weighted by Gasteiger charge is -1.99. The van der Waals surface area contributed by atoms with Crippen molar-refractivity contribution in [2.24, 2.45) is 0 Å². The summed E-state index contributed by atoms with van der Waals surface area (Å²) in [5, 5.41) is 8.39. The van der Waals surface area contributed by atoms with Gasteiger partial charge >= 0.3 is 0 Å². The van der Waals surface area contributed by atoms with Gasteiger partial charge in [0, 0.05) is 13.3 Å². The topological polar surface area (TPSA) is 45.9 Å². The van der Waals surface area contributed by atoms with Crippen LogP contribution >= 0.6 is 0 Å². The van der Waals surface area contributed by atoms with Gasteiger partial charge in [0.15, 0.2) is 0 Å². The van der Waals surface area contributed by atoms with Crippen LogP contribution in [0.2, 0.25) is 0 Å². The van der Waals surface area contributed by atoms with Crippen molar-refractivity contribution in [2.75, 3.05) is 7.11 Å². The highest BCUT2D eigenvalue weighted by molar-refractivity contribution is 5.27. The Balaban J connectivity index is 2.97. The van der Waals surface area contributed by atoms with Gasteiger partial charge in [-0.1, -0.05) is 0 Å². The van der Waals surface area contributed by atoms with E-state index in [1.807, 2.05) is 0 Å². The maximum atomic E-state index is 12.9. The first-order valence-electron chi connectivity index (χ1n) is 3.31. The monoisotopic (exact) mass is 166 g/mol. The number of halogens is 1. The van der Waals surface area contributed by atoms with Crippen molar-refractivity contribution in [1.29, 1.82) is 5.26 Å². The van der Waals surface area contributed by atoms with Gasteiger partial charge in [-0.25, -0.2) is 4.39 Å². The van der Waals surface area contributed by atoms with E-state index in [0.717, 1.165) is 6.07 Å². The normalized spacial score (nSPS) is 9.42. The summed E-state index contributed by atoms with van der Waals surface area (Å²) in [6.45, 7) is 0.123. The van der Waals surface area contributed by atoms with Crippen LogP contribution in [-0.2, 0) is 11.3 Å². The van der Waals surface area contributed by atoms with E-state index in [4.69, 9.17) is 10.00 Å². The molecule has 0 spiro atoms. The maximum Gasteiger partial charge on any atom is 0.148 e. The molecule has 1 rings (SSSR count). The molecule has 4 heteroatoms. The second-order valence-corrected chi connectivity index (χ2v) is 2.20. The van der Waals surface area contributed by atoms with Gasteiger partial charge in [0.1, 0.15) is 17.6 Å². The minimum atomic E-state index is -0.504. The van der Waals surface area contributed by atoms with Crippen LogP contribution in [-0.4, -0.2) is 12.1 Å². The van der Waals surface area contributed by atoms with Gasteiger partial charge in [-0.3, -0.25) is 4.98 Å². The maximum absolute atomic E-state index is 12.9. The summed E-state index contributed by atoms with van der Waals surface area (Å²) in [4.78, 5) is 3.72. The van der Waals surface area contributed by atoms with Crippen LogP contribution in [0.15, 0.2) is 12.3 Å². The lowest BCUT2D eigenvalue weighted by Crippen LogP contribution is -1.97. The van der Waals surface area contributed by atoms with Gasteiger partial charge in [-0.15, -0.1) is 0 Å². The Hall–Kier alpha value is -1.47. The molecule has 0 bridgehead atoms. The fraction of sp³-hybridized carbons (Fsp3) is 0.250. The highest BCUT2D eigenvalue weighted by atomic mass is 19.1. The van der Waals surface area contributed by atoms with Crippen molar-refractivity contribution in [1.82, 2.24) is 4.98 Å². The van der Waals surface area contributed by atoms with Gasteiger partial charge in [0.05, 0.1) is 12.2 Å². The number of pyridine rings is 1. The molecular weight excluding hydrogens is 159 g/mol. The summed E-state index contributed by atoms with van der Waals surface area (Å²) in [6.07, 6.45) is 1.32. The number of methoxy groups -OCH3 is 1. The third-order valence-electron chi connectivity index (χ3n) is 1.33. The summed E-state index contributed by atoms with van der Waals surface area (Å²) in [6, 6.07) is 2.93. The number of rotatable bonds is 2. The van der Waals surface area contributed by atoms with Crippen molar-refractivity contribution < 1.29 is 9.13 Å². The van der Waals surface area contributed by atoms with E-state index >= 15 is 0 Å². The number of nitrogens with zero attached hydrogens (tertiary/aromatic N) is 2. The molecule has 12 heavy (non-hydrogen) atoms. The molecule has 62 valence electrons. The third kappa shape index (κ3) is 1.77. The van der Waals surface area contributed by atoms with Gasteiger partial charge < -0.3 is 4.74 Å². The second kappa shape index (κ2) is 3.79. The van der Waals surface area contributed by atoms with Crippen LogP contribution in [0, 0.1) is 17.1 Å². The van der Waals surface area contributed by atoms with Gasteiger partial charge in [0.25, 0.3) is 0 Å². The molecule has 0 saturated carbocycles. The molecule has 0 saturated heterocycles. The number of aromatic nitrogens is 1. The molecule has 3 nitrogen and oxygen atoms in total. The summed E-state index contributed by atoms with van der Waals surface area (Å²) >= 11 is 0. The fourth-order valence-corrected chi connectivity index (χ4v) is 0.770. The molecule has 0 radical (unpaired) electrons. The highest BCUT2D eigenvalue weighted by Crippen LogP contribution is 2.06. The zero-order valence-corrected chi connectivity index (χ0v) is 6.54. The molecule has 0 aliphatic rings. The average Bonchev–Trinajstić information content (AvgIpc) is 2.09. The minimum absolute atomic E-state index is 0.123. The van der Waals surface area contributed by atoms with Crippen LogP contribution in [0.25, 0.3) is 0 Å². The minimum Gasteiger partial charge on any atom is -0.378 e. The molecule has 0 aromatic carbocycles. The first-order valence-corrected chi connectivity index (χ1v) is 3.31. The fourth-order valence-electron chi connectivity index (χ4n) is 0.770. The quantitative estimate of drug-likeness (QED) is 0.664. The molecular formula is C8H7FN2O. The highest BCUT2D eigenvalue weighted by Gasteiger charge is 2.03. The molecule has 1 aromatic rings. The number of ether oxygens (including phenoxy) is 1. The Kier molecular flexibility index (Phi) is 2.72. The van der Waals surface area contributed by atoms with E-state index in [0.29, 0.717) is 0 Å². The molecule has 0 N–H and O–H groups in total. The van der Waals surface area contributed by atoms with Crippen molar-refractivity contribution in [3.8, 4) is 6.07 Å². The van der Waals surface area contributed by atoms with Gasteiger partial charge in [-0.05, 0) is 6.07 Å². The van der Waals surface area contributed by atoms with Gasteiger partial charge in [0.2, 0.25) is 0 Å². The Bertz CT molecular complexity index is 319. The summed E-state index contributed by atoms with van der Waals surface area (Å²) in [7, 11) is 1.46. The van der Waals surface area contributed by atoms with E-state index in [2.05, 4.69) is 4.98 Å². The standard InChI is InChI=1S/C8H7FN2O/c1-12-5-8-7(9)2-6(3-10)4-11-8/h2,4H,5H2,1H3. The smallest absolute Gasteiger partial charge is 0.148 e. The summed E-state index contributed by atoms with van der Waals surface area (Å²) in [5.74, 6) is -0.504. The molecule has 0 amide bonds.